The average Bonchev–Trinajstić information content (AvgIpc) is 3.07. The van der Waals surface area contributed by atoms with Gasteiger partial charge in [0, 0.05) is 52.1 Å². The highest BCUT2D eigenvalue weighted by Crippen LogP contribution is 2.41. The van der Waals surface area contributed by atoms with Crippen LogP contribution < -0.4 is 4.74 Å². The molecule has 10 heteroatoms. The second-order valence-corrected chi connectivity index (χ2v) is 8.89. The van der Waals surface area contributed by atoms with Gasteiger partial charge in [0.05, 0.1) is 19.1 Å². The Morgan fingerprint density at radius 1 is 1.09 bits per heavy atom. The van der Waals surface area contributed by atoms with Gasteiger partial charge < -0.3 is 24.2 Å². The Kier molecular flexibility index (Phi) is 8.14. The van der Waals surface area contributed by atoms with Crippen molar-refractivity contribution in [1.82, 2.24) is 19.6 Å². The van der Waals surface area contributed by atoms with E-state index in [2.05, 4.69) is 0 Å². The van der Waals surface area contributed by atoms with Crippen molar-refractivity contribution in [2.45, 2.75) is 25.2 Å². The Balaban J connectivity index is 1.83. The lowest BCUT2D eigenvalue weighted by atomic mass is 9.75. The van der Waals surface area contributed by atoms with Gasteiger partial charge in [-0.1, -0.05) is 12.1 Å². The van der Waals surface area contributed by atoms with E-state index in [0.29, 0.717) is 50.6 Å². The normalized spacial score (nSPS) is 20.8. The van der Waals surface area contributed by atoms with Crippen molar-refractivity contribution in [3.8, 4) is 5.75 Å². The van der Waals surface area contributed by atoms with E-state index in [1.807, 2.05) is 19.0 Å². The maximum atomic E-state index is 13.7. The molecule has 3 rings (SSSR count). The summed E-state index contributed by atoms with van der Waals surface area (Å²) >= 11 is 0. The third-order valence-corrected chi connectivity index (χ3v) is 6.41. The van der Waals surface area contributed by atoms with Crippen LogP contribution in [0.15, 0.2) is 24.3 Å². The summed E-state index contributed by atoms with van der Waals surface area (Å²) in [7, 11) is 5.28. The summed E-state index contributed by atoms with van der Waals surface area (Å²) in [4.78, 5) is 58.4. The van der Waals surface area contributed by atoms with Crippen molar-refractivity contribution in [2.75, 3.05) is 67.1 Å². The first-order chi connectivity index (χ1) is 16.2. The maximum absolute atomic E-state index is 13.7. The quantitative estimate of drug-likeness (QED) is 0.517. The minimum atomic E-state index is -1.28. The molecule has 10 nitrogen and oxygen atoms in total. The van der Waals surface area contributed by atoms with Gasteiger partial charge in [-0.05, 0) is 38.7 Å². The molecule has 1 atom stereocenters. The Bertz CT molecular complexity index is 928. The Hall–Kier alpha value is -3.14. The van der Waals surface area contributed by atoms with Crippen molar-refractivity contribution >= 4 is 23.8 Å². The number of imide groups is 1. The first-order valence-electron chi connectivity index (χ1n) is 11.6. The standard InChI is InChI=1S/C24H34N4O6/c1-5-34-23(32)27-12-10-26(11-13-27)20(29)16-24(18-7-6-8-19(15-18)33-4)17-21(30)28(22(24)31)14-9-25(2)3/h6-8,15H,5,9-14,16-17H2,1-4H3/t24-/m0/s1. The van der Waals surface area contributed by atoms with Gasteiger partial charge in [-0.15, -0.1) is 0 Å². The van der Waals surface area contributed by atoms with Crippen LogP contribution in [-0.2, 0) is 24.5 Å². The lowest BCUT2D eigenvalue weighted by Crippen LogP contribution is -2.52. The largest absolute Gasteiger partial charge is 0.497 e. The molecule has 0 bridgehead atoms. The Labute approximate surface area is 200 Å². The fourth-order valence-electron chi connectivity index (χ4n) is 4.44. The number of carbonyl (C=O) groups excluding carboxylic acids is 4. The van der Waals surface area contributed by atoms with Crippen LogP contribution in [0.5, 0.6) is 5.75 Å². The summed E-state index contributed by atoms with van der Waals surface area (Å²) < 4.78 is 10.4. The first kappa shape index (κ1) is 25.5. The number of benzene rings is 1. The van der Waals surface area contributed by atoms with E-state index in [1.165, 1.54) is 12.0 Å². The van der Waals surface area contributed by atoms with E-state index in [4.69, 9.17) is 9.47 Å². The number of carbonyl (C=O) groups is 4. The summed E-state index contributed by atoms with van der Waals surface area (Å²) in [5, 5.41) is 0. The number of likely N-dealkylation sites (N-methyl/N-ethyl adjacent to an activating group) is 1. The van der Waals surface area contributed by atoms with Crippen LogP contribution in [0.3, 0.4) is 0 Å². The van der Waals surface area contributed by atoms with Gasteiger partial charge >= 0.3 is 6.09 Å². The van der Waals surface area contributed by atoms with Gasteiger partial charge in [0.15, 0.2) is 0 Å². The van der Waals surface area contributed by atoms with E-state index in [9.17, 15) is 19.2 Å². The predicted molar refractivity (Wildman–Crippen MR) is 124 cm³/mol. The molecule has 186 valence electrons. The van der Waals surface area contributed by atoms with Crippen LogP contribution in [0.1, 0.15) is 25.3 Å². The van der Waals surface area contributed by atoms with Gasteiger partial charge in [0.1, 0.15) is 5.75 Å². The summed E-state index contributed by atoms with van der Waals surface area (Å²) in [5.74, 6) is -0.304. The SMILES string of the molecule is CCOC(=O)N1CCN(C(=O)C[C@@]2(c3cccc(OC)c3)CC(=O)N(CCN(C)C)C2=O)CC1. The summed E-state index contributed by atoms with van der Waals surface area (Å²) in [6.07, 6.45) is -0.584. The van der Waals surface area contributed by atoms with E-state index < -0.39 is 11.5 Å². The summed E-state index contributed by atoms with van der Waals surface area (Å²) in [6, 6.07) is 7.03. The number of likely N-dealkylation sites (tertiary alicyclic amines) is 1. The average molecular weight is 475 g/mol. The predicted octanol–water partition coefficient (Wildman–Crippen LogP) is 0.944. The molecule has 0 radical (unpaired) electrons. The molecule has 0 saturated carbocycles. The van der Waals surface area contributed by atoms with Gasteiger partial charge in [0.25, 0.3) is 0 Å². The lowest BCUT2D eigenvalue weighted by molar-refractivity contribution is -0.143. The van der Waals surface area contributed by atoms with Crippen molar-refractivity contribution in [3.05, 3.63) is 29.8 Å². The van der Waals surface area contributed by atoms with Crippen LogP contribution in [0.4, 0.5) is 4.79 Å². The molecule has 2 fully saturated rings. The topological polar surface area (TPSA) is 99.7 Å². The fraction of sp³-hybridized carbons (Fsp3) is 0.583. The van der Waals surface area contributed by atoms with Crippen molar-refractivity contribution in [3.63, 3.8) is 0 Å². The second-order valence-electron chi connectivity index (χ2n) is 8.89. The maximum Gasteiger partial charge on any atom is 0.409 e. The molecule has 0 spiro atoms. The van der Waals surface area contributed by atoms with Crippen molar-refractivity contribution < 1.29 is 28.7 Å². The van der Waals surface area contributed by atoms with Crippen LogP contribution in [-0.4, -0.2) is 110 Å². The van der Waals surface area contributed by atoms with Crippen LogP contribution in [0.2, 0.25) is 0 Å². The summed E-state index contributed by atoms with van der Waals surface area (Å²) in [6.45, 7) is 4.25. The minimum absolute atomic E-state index is 0.0685. The number of ether oxygens (including phenoxy) is 2. The van der Waals surface area contributed by atoms with Gasteiger partial charge in [-0.3, -0.25) is 19.3 Å². The third-order valence-electron chi connectivity index (χ3n) is 6.41. The molecule has 0 N–H and O–H groups in total. The molecule has 2 heterocycles. The van der Waals surface area contributed by atoms with Crippen LogP contribution >= 0.6 is 0 Å². The van der Waals surface area contributed by atoms with Crippen LogP contribution in [0.25, 0.3) is 0 Å². The zero-order valence-corrected chi connectivity index (χ0v) is 20.4. The molecule has 1 aromatic carbocycles. The van der Waals surface area contributed by atoms with Gasteiger partial charge in [-0.2, -0.15) is 0 Å². The molecule has 2 aliphatic rings. The molecule has 2 saturated heterocycles. The minimum Gasteiger partial charge on any atom is -0.497 e. The highest BCUT2D eigenvalue weighted by Gasteiger charge is 2.54. The molecular formula is C24H34N4O6. The lowest BCUT2D eigenvalue weighted by Gasteiger charge is -2.36. The van der Waals surface area contributed by atoms with Crippen LogP contribution in [0, 0.1) is 0 Å². The molecule has 1 aromatic rings. The van der Waals surface area contributed by atoms with E-state index in [0.717, 1.165) is 0 Å². The molecule has 4 amide bonds. The molecular weight excluding hydrogens is 440 g/mol. The molecule has 2 aliphatic heterocycles. The zero-order chi connectivity index (χ0) is 24.9. The zero-order valence-electron chi connectivity index (χ0n) is 20.4. The highest BCUT2D eigenvalue weighted by molar-refractivity contribution is 6.10. The number of rotatable bonds is 8. The monoisotopic (exact) mass is 474 g/mol. The number of piperazine rings is 1. The number of hydrogen-bond donors (Lipinski definition) is 0. The number of methoxy groups -OCH3 is 1. The van der Waals surface area contributed by atoms with Gasteiger partial charge in [0.2, 0.25) is 17.7 Å². The first-order valence-corrected chi connectivity index (χ1v) is 11.6. The van der Waals surface area contributed by atoms with Gasteiger partial charge in [-0.25, -0.2) is 4.79 Å². The number of amides is 4. The molecule has 0 aromatic heterocycles. The fourth-order valence-corrected chi connectivity index (χ4v) is 4.44. The second kappa shape index (κ2) is 10.9. The summed E-state index contributed by atoms with van der Waals surface area (Å²) in [5.41, 5.74) is -0.691. The van der Waals surface area contributed by atoms with Crippen molar-refractivity contribution in [1.29, 1.82) is 0 Å². The van der Waals surface area contributed by atoms with E-state index in [1.54, 1.807) is 41.0 Å². The highest BCUT2D eigenvalue weighted by atomic mass is 16.6. The molecule has 0 unspecified atom stereocenters. The Morgan fingerprint density at radius 3 is 2.38 bits per heavy atom. The van der Waals surface area contributed by atoms with E-state index >= 15 is 0 Å². The van der Waals surface area contributed by atoms with Crippen molar-refractivity contribution in [2.24, 2.45) is 0 Å². The Morgan fingerprint density at radius 2 is 1.76 bits per heavy atom. The molecule has 34 heavy (non-hydrogen) atoms. The number of nitrogens with zero attached hydrogens (tertiary/aromatic N) is 4. The molecule has 0 aliphatic carbocycles. The number of hydrogen-bond acceptors (Lipinski definition) is 7. The van der Waals surface area contributed by atoms with E-state index in [-0.39, 0.29) is 37.1 Å². The third kappa shape index (κ3) is 5.32. The smallest absolute Gasteiger partial charge is 0.409 e.